The Morgan fingerprint density at radius 1 is 1.14 bits per heavy atom. The Bertz CT molecular complexity index is 620. The number of nitrogens with zero attached hydrogens (tertiary/aromatic N) is 2. The van der Waals surface area contributed by atoms with Gasteiger partial charge in [0.25, 0.3) is 0 Å². The molecule has 0 aliphatic heterocycles. The topological polar surface area (TPSA) is 29.9 Å². The molecule has 0 atom stereocenters. The van der Waals surface area contributed by atoms with Crippen LogP contribution in [0, 0.1) is 0 Å². The third-order valence-electron chi connectivity index (χ3n) is 4.09. The fourth-order valence-corrected chi connectivity index (χ4v) is 2.93. The maximum Gasteiger partial charge on any atom is 0.0997 e. The van der Waals surface area contributed by atoms with Gasteiger partial charge in [0.15, 0.2) is 0 Å². The zero-order valence-corrected chi connectivity index (χ0v) is 13.3. The normalized spacial score (nSPS) is 15.0. The molecule has 0 spiro atoms. The predicted octanol–water partition coefficient (Wildman–Crippen LogP) is 3.64. The van der Waals surface area contributed by atoms with Crippen LogP contribution in [0.15, 0.2) is 30.6 Å². The molecule has 1 aromatic heterocycles. The number of aryl methyl sites for hydroxylation is 1. The van der Waals surface area contributed by atoms with Gasteiger partial charge < -0.3 is 9.88 Å². The summed E-state index contributed by atoms with van der Waals surface area (Å²) in [5.74, 6) is 0. The van der Waals surface area contributed by atoms with E-state index in [9.17, 15) is 0 Å². The van der Waals surface area contributed by atoms with E-state index in [4.69, 9.17) is 0 Å². The minimum atomic E-state index is 0.126. The summed E-state index contributed by atoms with van der Waals surface area (Å²) in [4.78, 5) is 4.63. The van der Waals surface area contributed by atoms with E-state index in [-0.39, 0.29) is 5.54 Å². The minimum absolute atomic E-state index is 0.126. The van der Waals surface area contributed by atoms with Crippen LogP contribution in [0.5, 0.6) is 0 Å². The standard InChI is InChI=1S/C18H25N3/c1-18(2,3)20-12-14-8-4-6-10-16(14)21-13-19-15-9-5-7-11-17(15)21/h4,6,8,10,13,20H,5,7,9,11-12H2,1-3H3. The van der Waals surface area contributed by atoms with Crippen molar-refractivity contribution >= 4 is 0 Å². The second-order valence-electron chi connectivity index (χ2n) is 6.95. The van der Waals surface area contributed by atoms with Crippen LogP contribution in [0.2, 0.25) is 0 Å². The number of hydrogen-bond acceptors (Lipinski definition) is 2. The molecular weight excluding hydrogens is 258 g/mol. The lowest BCUT2D eigenvalue weighted by molar-refractivity contribution is 0.424. The van der Waals surface area contributed by atoms with Crippen LogP contribution in [0.25, 0.3) is 5.69 Å². The Balaban J connectivity index is 1.93. The van der Waals surface area contributed by atoms with Crippen LogP contribution < -0.4 is 5.32 Å². The largest absolute Gasteiger partial charge is 0.308 e. The Hall–Kier alpha value is -1.61. The molecule has 2 aromatic rings. The van der Waals surface area contributed by atoms with E-state index in [1.807, 2.05) is 6.33 Å². The number of para-hydroxylation sites is 1. The van der Waals surface area contributed by atoms with Gasteiger partial charge in [-0.05, 0) is 58.1 Å². The number of fused-ring (bicyclic) bond motifs is 1. The molecule has 3 rings (SSSR count). The molecule has 0 fully saturated rings. The van der Waals surface area contributed by atoms with Crippen molar-refractivity contribution in [1.82, 2.24) is 14.9 Å². The molecule has 1 aliphatic carbocycles. The average molecular weight is 283 g/mol. The van der Waals surface area contributed by atoms with Crippen molar-refractivity contribution in [3.05, 3.63) is 47.5 Å². The Morgan fingerprint density at radius 3 is 2.71 bits per heavy atom. The van der Waals surface area contributed by atoms with Crippen molar-refractivity contribution in [3.8, 4) is 5.69 Å². The number of hydrogen-bond donors (Lipinski definition) is 1. The molecule has 0 unspecified atom stereocenters. The fraction of sp³-hybridized carbons (Fsp3) is 0.500. The van der Waals surface area contributed by atoms with Crippen LogP contribution in [-0.4, -0.2) is 15.1 Å². The molecule has 112 valence electrons. The highest BCUT2D eigenvalue weighted by molar-refractivity contribution is 5.43. The van der Waals surface area contributed by atoms with Gasteiger partial charge in [-0.1, -0.05) is 18.2 Å². The molecule has 1 heterocycles. The molecule has 3 nitrogen and oxygen atoms in total. The summed E-state index contributed by atoms with van der Waals surface area (Å²) in [7, 11) is 0. The highest BCUT2D eigenvalue weighted by Crippen LogP contribution is 2.25. The highest BCUT2D eigenvalue weighted by Gasteiger charge is 2.18. The predicted molar refractivity (Wildman–Crippen MR) is 86.8 cm³/mol. The molecule has 0 saturated carbocycles. The van der Waals surface area contributed by atoms with Gasteiger partial charge in [-0.2, -0.15) is 0 Å². The van der Waals surface area contributed by atoms with Gasteiger partial charge in [0.2, 0.25) is 0 Å². The zero-order chi connectivity index (χ0) is 14.9. The molecule has 0 bridgehead atoms. The second kappa shape index (κ2) is 5.64. The molecule has 21 heavy (non-hydrogen) atoms. The quantitative estimate of drug-likeness (QED) is 0.932. The van der Waals surface area contributed by atoms with Crippen molar-refractivity contribution in [2.75, 3.05) is 0 Å². The monoisotopic (exact) mass is 283 g/mol. The Kier molecular flexibility index (Phi) is 3.85. The summed E-state index contributed by atoms with van der Waals surface area (Å²) in [6.45, 7) is 7.49. The summed E-state index contributed by atoms with van der Waals surface area (Å²) in [6.07, 6.45) is 6.84. The van der Waals surface area contributed by atoms with Crippen molar-refractivity contribution in [2.24, 2.45) is 0 Å². The first-order valence-electron chi connectivity index (χ1n) is 7.93. The van der Waals surface area contributed by atoms with Crippen molar-refractivity contribution < 1.29 is 0 Å². The van der Waals surface area contributed by atoms with Gasteiger partial charge in [-0.3, -0.25) is 0 Å². The first-order chi connectivity index (χ1) is 10.0. The number of aromatic nitrogens is 2. The van der Waals surface area contributed by atoms with Crippen LogP contribution in [0.4, 0.5) is 0 Å². The summed E-state index contributed by atoms with van der Waals surface area (Å²) in [6, 6.07) is 8.65. The fourth-order valence-electron chi connectivity index (χ4n) is 2.93. The second-order valence-corrected chi connectivity index (χ2v) is 6.95. The minimum Gasteiger partial charge on any atom is -0.308 e. The van der Waals surface area contributed by atoms with Gasteiger partial charge in [0.05, 0.1) is 17.7 Å². The highest BCUT2D eigenvalue weighted by atomic mass is 15.1. The molecule has 3 heteroatoms. The number of rotatable bonds is 3. The van der Waals surface area contributed by atoms with Crippen LogP contribution in [-0.2, 0) is 19.4 Å². The molecule has 0 radical (unpaired) electrons. The number of benzene rings is 1. The summed E-state index contributed by atoms with van der Waals surface area (Å²) in [5, 5.41) is 3.59. The zero-order valence-electron chi connectivity index (χ0n) is 13.3. The lowest BCUT2D eigenvalue weighted by Gasteiger charge is -2.22. The van der Waals surface area contributed by atoms with Gasteiger partial charge >= 0.3 is 0 Å². The summed E-state index contributed by atoms with van der Waals surface area (Å²) < 4.78 is 2.30. The van der Waals surface area contributed by atoms with E-state index >= 15 is 0 Å². The molecule has 0 amide bonds. The van der Waals surface area contributed by atoms with Crippen LogP contribution >= 0.6 is 0 Å². The van der Waals surface area contributed by atoms with E-state index in [1.54, 1.807) is 0 Å². The van der Waals surface area contributed by atoms with E-state index in [0.29, 0.717) is 0 Å². The van der Waals surface area contributed by atoms with E-state index in [0.717, 1.165) is 19.4 Å². The third kappa shape index (κ3) is 3.18. The Labute approximate surface area is 127 Å². The van der Waals surface area contributed by atoms with Crippen molar-refractivity contribution in [1.29, 1.82) is 0 Å². The molecule has 1 aliphatic rings. The first kappa shape index (κ1) is 14.3. The van der Waals surface area contributed by atoms with E-state index < -0.39 is 0 Å². The SMILES string of the molecule is CC(C)(C)NCc1ccccc1-n1cnc2c1CCCC2. The van der Waals surface area contributed by atoms with Gasteiger partial charge in [0, 0.05) is 17.8 Å². The molecular formula is C18H25N3. The lowest BCUT2D eigenvalue weighted by atomic mass is 10.0. The van der Waals surface area contributed by atoms with Gasteiger partial charge in [-0.15, -0.1) is 0 Å². The van der Waals surface area contributed by atoms with Gasteiger partial charge in [-0.25, -0.2) is 4.98 Å². The molecule has 0 saturated heterocycles. The summed E-state index contributed by atoms with van der Waals surface area (Å²) >= 11 is 0. The maximum atomic E-state index is 4.63. The third-order valence-corrected chi connectivity index (χ3v) is 4.09. The van der Waals surface area contributed by atoms with Gasteiger partial charge in [0.1, 0.15) is 0 Å². The van der Waals surface area contributed by atoms with Crippen molar-refractivity contribution in [3.63, 3.8) is 0 Å². The Morgan fingerprint density at radius 2 is 1.90 bits per heavy atom. The van der Waals surface area contributed by atoms with Crippen LogP contribution in [0.1, 0.15) is 50.6 Å². The smallest absolute Gasteiger partial charge is 0.0997 e. The van der Waals surface area contributed by atoms with E-state index in [2.05, 4.69) is 59.9 Å². The maximum absolute atomic E-state index is 4.63. The lowest BCUT2D eigenvalue weighted by Crippen LogP contribution is -2.35. The number of imidazole rings is 1. The summed E-state index contributed by atoms with van der Waals surface area (Å²) in [5.41, 5.74) is 5.42. The average Bonchev–Trinajstić information content (AvgIpc) is 2.88. The van der Waals surface area contributed by atoms with Crippen molar-refractivity contribution in [2.45, 2.75) is 58.5 Å². The molecule has 1 N–H and O–H groups in total. The first-order valence-corrected chi connectivity index (χ1v) is 7.93. The van der Waals surface area contributed by atoms with Crippen LogP contribution in [0.3, 0.4) is 0 Å². The number of nitrogens with one attached hydrogen (secondary N) is 1. The molecule has 1 aromatic carbocycles. The van der Waals surface area contributed by atoms with E-state index in [1.165, 1.54) is 35.5 Å².